The molecule has 1 heterocycles. The highest BCUT2D eigenvalue weighted by atomic mass is 79.9. The van der Waals surface area contributed by atoms with Crippen molar-refractivity contribution < 1.29 is 14.6 Å². The van der Waals surface area contributed by atoms with Crippen molar-refractivity contribution in [2.75, 3.05) is 19.8 Å². The van der Waals surface area contributed by atoms with Crippen LogP contribution in [0.1, 0.15) is 24.5 Å². The van der Waals surface area contributed by atoms with E-state index in [0.717, 1.165) is 15.8 Å². The molecule has 1 fully saturated rings. The molecule has 1 aromatic rings. The predicted molar refractivity (Wildman–Crippen MR) is 71.1 cm³/mol. The number of fused-ring (bicyclic) bond motifs is 1. The topological polar surface area (TPSA) is 50.7 Å². The van der Waals surface area contributed by atoms with Gasteiger partial charge in [0.15, 0.2) is 11.5 Å². The Labute approximate surface area is 114 Å². The van der Waals surface area contributed by atoms with Gasteiger partial charge in [-0.05, 0) is 46.5 Å². The van der Waals surface area contributed by atoms with Crippen LogP contribution in [0.3, 0.4) is 0 Å². The average molecular weight is 314 g/mol. The van der Waals surface area contributed by atoms with Gasteiger partial charge in [0.1, 0.15) is 13.2 Å². The normalized spacial score (nSPS) is 19.7. The van der Waals surface area contributed by atoms with Gasteiger partial charge < -0.3 is 19.9 Å². The molecule has 4 nitrogen and oxygen atoms in total. The average Bonchev–Trinajstić information content (AvgIpc) is 3.20. The Balaban J connectivity index is 1.76. The number of nitrogens with one attached hydrogen (secondary N) is 1. The third-order valence-electron chi connectivity index (χ3n) is 3.18. The van der Waals surface area contributed by atoms with Crippen LogP contribution in [0.25, 0.3) is 0 Å². The van der Waals surface area contributed by atoms with Crippen LogP contribution in [0, 0.1) is 0 Å². The summed E-state index contributed by atoms with van der Waals surface area (Å²) in [5, 5.41) is 13.5. The Hall–Kier alpha value is -0.780. The van der Waals surface area contributed by atoms with E-state index in [1.807, 2.05) is 12.1 Å². The molecular weight excluding hydrogens is 298 g/mol. The number of ether oxygens (including phenoxy) is 2. The van der Waals surface area contributed by atoms with Gasteiger partial charge in [-0.15, -0.1) is 0 Å². The van der Waals surface area contributed by atoms with Crippen molar-refractivity contribution in [3.8, 4) is 11.5 Å². The van der Waals surface area contributed by atoms with Crippen molar-refractivity contribution in [1.29, 1.82) is 0 Å². The van der Waals surface area contributed by atoms with Gasteiger partial charge in [0.05, 0.1) is 10.6 Å². The quantitative estimate of drug-likeness (QED) is 0.893. The van der Waals surface area contributed by atoms with E-state index in [-0.39, 0.29) is 0 Å². The molecule has 98 valence electrons. The lowest BCUT2D eigenvalue weighted by Gasteiger charge is -2.22. The predicted octanol–water partition coefficient (Wildman–Crippen LogP) is 2.01. The summed E-state index contributed by atoms with van der Waals surface area (Å²) in [6.45, 7) is 1.70. The van der Waals surface area contributed by atoms with Crippen LogP contribution in [-0.2, 0) is 0 Å². The minimum Gasteiger partial charge on any atom is -0.486 e. The minimum absolute atomic E-state index is 0.516. The second-order valence-electron chi connectivity index (χ2n) is 4.73. The van der Waals surface area contributed by atoms with Crippen molar-refractivity contribution in [3.63, 3.8) is 0 Å². The first-order chi connectivity index (χ1) is 8.74. The van der Waals surface area contributed by atoms with E-state index >= 15 is 0 Å². The van der Waals surface area contributed by atoms with Gasteiger partial charge >= 0.3 is 0 Å². The number of benzene rings is 1. The number of aliphatic hydroxyl groups excluding tert-OH is 1. The van der Waals surface area contributed by atoms with Gasteiger partial charge in [-0.1, -0.05) is 0 Å². The first-order valence-electron chi connectivity index (χ1n) is 6.24. The van der Waals surface area contributed by atoms with Gasteiger partial charge in [-0.25, -0.2) is 0 Å². The largest absolute Gasteiger partial charge is 0.486 e. The maximum atomic E-state index is 10.1. The zero-order chi connectivity index (χ0) is 12.5. The molecule has 0 bridgehead atoms. The molecule has 0 amide bonds. The number of aliphatic hydroxyl groups is 1. The fraction of sp³-hybridized carbons (Fsp3) is 0.538. The van der Waals surface area contributed by atoms with Crippen molar-refractivity contribution in [2.24, 2.45) is 0 Å². The number of hydrogen-bond acceptors (Lipinski definition) is 4. The van der Waals surface area contributed by atoms with Gasteiger partial charge in [0, 0.05) is 12.6 Å². The van der Waals surface area contributed by atoms with Crippen LogP contribution in [-0.4, -0.2) is 30.9 Å². The lowest BCUT2D eigenvalue weighted by atomic mass is 10.1. The van der Waals surface area contributed by atoms with E-state index < -0.39 is 6.10 Å². The molecule has 18 heavy (non-hydrogen) atoms. The molecule has 0 spiro atoms. The number of halogens is 1. The van der Waals surface area contributed by atoms with Crippen LogP contribution in [0.2, 0.25) is 0 Å². The van der Waals surface area contributed by atoms with E-state index in [9.17, 15) is 5.11 Å². The molecule has 2 N–H and O–H groups in total. The molecule has 0 radical (unpaired) electrons. The van der Waals surface area contributed by atoms with E-state index in [1.54, 1.807) is 0 Å². The highest BCUT2D eigenvalue weighted by Gasteiger charge is 2.23. The third kappa shape index (κ3) is 2.63. The van der Waals surface area contributed by atoms with Gasteiger partial charge in [-0.3, -0.25) is 0 Å². The molecule has 1 aromatic carbocycles. The molecule has 0 saturated heterocycles. The highest BCUT2D eigenvalue weighted by molar-refractivity contribution is 9.10. The second-order valence-corrected chi connectivity index (χ2v) is 5.58. The summed E-state index contributed by atoms with van der Waals surface area (Å²) in [5.74, 6) is 1.43. The molecule has 5 heteroatoms. The summed E-state index contributed by atoms with van der Waals surface area (Å²) >= 11 is 3.46. The van der Waals surface area contributed by atoms with Crippen LogP contribution >= 0.6 is 15.9 Å². The molecule has 1 unspecified atom stereocenters. The Bertz CT molecular complexity index is 448. The van der Waals surface area contributed by atoms with Crippen LogP contribution in [0.4, 0.5) is 0 Å². The van der Waals surface area contributed by atoms with Crippen LogP contribution < -0.4 is 14.8 Å². The molecule has 1 saturated carbocycles. The lowest BCUT2D eigenvalue weighted by Crippen LogP contribution is -2.23. The standard InChI is InChI=1S/C13H16BrNO3/c14-10-5-8(11(16)7-15-9-1-2-9)6-12-13(10)18-4-3-17-12/h5-6,9,11,15-16H,1-4,7H2. The van der Waals surface area contributed by atoms with Crippen LogP contribution in [0.5, 0.6) is 11.5 Å². The van der Waals surface area contributed by atoms with E-state index in [1.165, 1.54) is 12.8 Å². The fourth-order valence-electron chi connectivity index (χ4n) is 2.01. The molecular formula is C13H16BrNO3. The summed E-state index contributed by atoms with van der Waals surface area (Å²) in [7, 11) is 0. The Morgan fingerprint density at radius 3 is 2.89 bits per heavy atom. The molecule has 0 aromatic heterocycles. The van der Waals surface area contributed by atoms with Gasteiger partial charge in [-0.2, -0.15) is 0 Å². The number of hydrogen-bond donors (Lipinski definition) is 2. The zero-order valence-electron chi connectivity index (χ0n) is 9.99. The highest BCUT2D eigenvalue weighted by Crippen LogP contribution is 2.39. The smallest absolute Gasteiger partial charge is 0.175 e. The number of rotatable bonds is 4. The summed E-state index contributed by atoms with van der Waals surface area (Å²) in [5.41, 5.74) is 0.847. The van der Waals surface area contributed by atoms with Crippen molar-refractivity contribution in [2.45, 2.75) is 25.0 Å². The summed E-state index contributed by atoms with van der Waals surface area (Å²) < 4.78 is 11.9. The van der Waals surface area contributed by atoms with E-state index in [2.05, 4.69) is 21.2 Å². The Morgan fingerprint density at radius 2 is 2.11 bits per heavy atom. The Kier molecular flexibility index (Phi) is 3.46. The van der Waals surface area contributed by atoms with Crippen molar-refractivity contribution >= 4 is 15.9 Å². The second kappa shape index (κ2) is 5.07. The SMILES string of the molecule is OC(CNC1CC1)c1cc(Br)c2c(c1)OCCO2. The third-order valence-corrected chi connectivity index (χ3v) is 3.77. The first kappa shape index (κ1) is 12.3. The van der Waals surface area contributed by atoms with Gasteiger partial charge in [0.2, 0.25) is 0 Å². The summed E-state index contributed by atoms with van der Waals surface area (Å²) in [6.07, 6.45) is 1.92. The molecule has 1 aliphatic heterocycles. The van der Waals surface area contributed by atoms with E-state index in [0.29, 0.717) is 31.5 Å². The maximum absolute atomic E-state index is 10.1. The fourth-order valence-corrected chi connectivity index (χ4v) is 2.58. The monoisotopic (exact) mass is 313 g/mol. The maximum Gasteiger partial charge on any atom is 0.175 e. The van der Waals surface area contributed by atoms with E-state index in [4.69, 9.17) is 9.47 Å². The van der Waals surface area contributed by atoms with Gasteiger partial charge in [0.25, 0.3) is 0 Å². The first-order valence-corrected chi connectivity index (χ1v) is 7.04. The summed E-state index contributed by atoms with van der Waals surface area (Å²) in [4.78, 5) is 0. The van der Waals surface area contributed by atoms with Crippen LogP contribution in [0.15, 0.2) is 16.6 Å². The lowest BCUT2D eigenvalue weighted by molar-refractivity contribution is 0.162. The summed E-state index contributed by atoms with van der Waals surface area (Å²) in [6, 6.07) is 4.35. The zero-order valence-corrected chi connectivity index (χ0v) is 11.6. The molecule has 1 atom stereocenters. The minimum atomic E-state index is -0.516. The van der Waals surface area contributed by atoms with Crippen molar-refractivity contribution in [1.82, 2.24) is 5.32 Å². The molecule has 1 aliphatic carbocycles. The van der Waals surface area contributed by atoms with Crippen molar-refractivity contribution in [3.05, 3.63) is 22.2 Å². The molecule has 3 rings (SSSR count). The Morgan fingerprint density at radius 1 is 1.33 bits per heavy atom. The molecule has 2 aliphatic rings.